The Hall–Kier alpha value is -2.77. The standard InChI is InChI=1S/C21H26N4O3/c1-2-28-20(27)18-14-22-21(23-15-18)25-12-10-24(11-13-25)19(16-26)9-8-17-6-4-3-5-7-17/h3-9,14-15,19,26H,2,10-13,16H2,1H3/b9-8+/t19-/m0/s1. The average molecular weight is 382 g/mol. The van der Waals surface area contributed by atoms with E-state index in [0.717, 1.165) is 31.7 Å². The van der Waals surface area contributed by atoms with Gasteiger partial charge in [-0.15, -0.1) is 0 Å². The van der Waals surface area contributed by atoms with E-state index in [1.54, 1.807) is 6.92 Å². The Balaban J connectivity index is 1.56. The average Bonchev–Trinajstić information content (AvgIpc) is 2.76. The van der Waals surface area contributed by atoms with E-state index in [0.29, 0.717) is 18.1 Å². The number of anilines is 1. The normalized spacial score (nSPS) is 16.3. The third-order valence-corrected chi connectivity index (χ3v) is 4.71. The summed E-state index contributed by atoms with van der Waals surface area (Å²) in [7, 11) is 0. The first kappa shape index (κ1) is 20.0. The third kappa shape index (κ3) is 5.15. The zero-order valence-electron chi connectivity index (χ0n) is 16.1. The lowest BCUT2D eigenvalue weighted by Gasteiger charge is -2.37. The fourth-order valence-corrected chi connectivity index (χ4v) is 3.14. The Morgan fingerprint density at radius 1 is 1.18 bits per heavy atom. The molecule has 1 aliphatic heterocycles. The summed E-state index contributed by atoms with van der Waals surface area (Å²) in [6.07, 6.45) is 7.11. The molecule has 0 spiro atoms. The van der Waals surface area contributed by atoms with Gasteiger partial charge in [0.2, 0.25) is 5.95 Å². The molecule has 3 rings (SSSR count). The number of carbonyl (C=O) groups excluding carboxylic acids is 1. The summed E-state index contributed by atoms with van der Waals surface area (Å²) in [6.45, 7) is 5.28. The van der Waals surface area contributed by atoms with E-state index in [2.05, 4.69) is 25.8 Å². The van der Waals surface area contributed by atoms with E-state index in [1.807, 2.05) is 36.4 Å². The molecule has 1 N–H and O–H groups in total. The molecule has 2 aromatic rings. The summed E-state index contributed by atoms with van der Waals surface area (Å²) < 4.78 is 4.95. The topological polar surface area (TPSA) is 78.8 Å². The molecule has 0 saturated carbocycles. The van der Waals surface area contributed by atoms with Gasteiger partial charge < -0.3 is 14.7 Å². The van der Waals surface area contributed by atoms with Crippen molar-refractivity contribution in [2.75, 3.05) is 44.3 Å². The van der Waals surface area contributed by atoms with Crippen LogP contribution in [0, 0.1) is 0 Å². The molecule has 0 aliphatic carbocycles. The maximum Gasteiger partial charge on any atom is 0.341 e. The first-order valence-electron chi connectivity index (χ1n) is 9.53. The third-order valence-electron chi connectivity index (χ3n) is 4.71. The number of ether oxygens (including phenoxy) is 1. The zero-order chi connectivity index (χ0) is 19.8. The van der Waals surface area contributed by atoms with Crippen LogP contribution >= 0.6 is 0 Å². The second-order valence-corrected chi connectivity index (χ2v) is 6.53. The van der Waals surface area contributed by atoms with Crippen LogP contribution in [0.25, 0.3) is 6.08 Å². The van der Waals surface area contributed by atoms with Gasteiger partial charge in [0.1, 0.15) is 0 Å². The molecule has 0 bridgehead atoms. The summed E-state index contributed by atoms with van der Waals surface area (Å²) in [5, 5.41) is 9.79. The molecule has 0 amide bonds. The summed E-state index contributed by atoms with van der Waals surface area (Å²) in [5.41, 5.74) is 1.48. The molecule has 28 heavy (non-hydrogen) atoms. The molecule has 0 unspecified atom stereocenters. The first-order chi connectivity index (χ1) is 13.7. The minimum absolute atomic E-state index is 0.0190. The van der Waals surface area contributed by atoms with Gasteiger partial charge in [0.05, 0.1) is 24.8 Å². The Morgan fingerprint density at radius 3 is 2.46 bits per heavy atom. The number of benzene rings is 1. The summed E-state index contributed by atoms with van der Waals surface area (Å²) >= 11 is 0. The maximum atomic E-state index is 11.7. The predicted octanol–water partition coefficient (Wildman–Crippen LogP) is 1.85. The molecule has 1 atom stereocenters. The molecule has 1 aliphatic rings. The van der Waals surface area contributed by atoms with Crippen LogP contribution in [0.2, 0.25) is 0 Å². The Bertz CT molecular complexity index is 772. The molecule has 1 aromatic heterocycles. The number of aliphatic hydroxyl groups excluding tert-OH is 1. The Morgan fingerprint density at radius 2 is 1.86 bits per heavy atom. The largest absolute Gasteiger partial charge is 0.462 e. The van der Waals surface area contributed by atoms with Gasteiger partial charge in [-0.2, -0.15) is 0 Å². The lowest BCUT2D eigenvalue weighted by molar-refractivity contribution is 0.0525. The van der Waals surface area contributed by atoms with E-state index < -0.39 is 5.97 Å². The highest BCUT2D eigenvalue weighted by atomic mass is 16.5. The highest BCUT2D eigenvalue weighted by Crippen LogP contribution is 2.14. The van der Waals surface area contributed by atoms with E-state index in [1.165, 1.54) is 12.4 Å². The zero-order valence-corrected chi connectivity index (χ0v) is 16.1. The monoisotopic (exact) mass is 382 g/mol. The van der Waals surface area contributed by atoms with Crippen molar-refractivity contribution >= 4 is 18.0 Å². The SMILES string of the molecule is CCOC(=O)c1cnc(N2CCN([C@@H](/C=C/c3ccccc3)CO)CC2)nc1. The lowest BCUT2D eigenvalue weighted by atomic mass is 10.1. The minimum Gasteiger partial charge on any atom is -0.462 e. The van der Waals surface area contributed by atoms with Gasteiger partial charge in [-0.3, -0.25) is 4.90 Å². The molecular formula is C21H26N4O3. The van der Waals surface area contributed by atoms with E-state index in [4.69, 9.17) is 4.74 Å². The first-order valence-corrected chi connectivity index (χ1v) is 9.53. The molecule has 0 radical (unpaired) electrons. The Labute approximate surface area is 165 Å². The number of aromatic nitrogens is 2. The van der Waals surface area contributed by atoms with Crippen LogP contribution in [0.4, 0.5) is 5.95 Å². The summed E-state index contributed by atoms with van der Waals surface area (Å²) in [6, 6.07) is 10.1. The van der Waals surface area contributed by atoms with Gasteiger partial charge >= 0.3 is 5.97 Å². The van der Waals surface area contributed by atoms with Crippen molar-refractivity contribution in [3.05, 3.63) is 59.9 Å². The van der Waals surface area contributed by atoms with Crippen LogP contribution in [0.15, 0.2) is 48.8 Å². The summed E-state index contributed by atoms with van der Waals surface area (Å²) in [4.78, 5) is 24.6. The molecule has 7 nitrogen and oxygen atoms in total. The van der Waals surface area contributed by atoms with Gasteiger partial charge in [0.15, 0.2) is 0 Å². The van der Waals surface area contributed by atoms with Crippen molar-refractivity contribution in [3.63, 3.8) is 0 Å². The smallest absolute Gasteiger partial charge is 0.341 e. The Kier molecular flexibility index (Phi) is 7.11. The van der Waals surface area contributed by atoms with Gasteiger partial charge in [-0.25, -0.2) is 14.8 Å². The van der Waals surface area contributed by atoms with E-state index >= 15 is 0 Å². The fraction of sp³-hybridized carbons (Fsp3) is 0.381. The number of hydrogen-bond acceptors (Lipinski definition) is 7. The van der Waals surface area contributed by atoms with Crippen LogP contribution < -0.4 is 4.90 Å². The predicted molar refractivity (Wildman–Crippen MR) is 108 cm³/mol. The number of aliphatic hydroxyl groups is 1. The van der Waals surface area contributed by atoms with E-state index in [9.17, 15) is 9.90 Å². The highest BCUT2D eigenvalue weighted by molar-refractivity contribution is 5.88. The van der Waals surface area contributed by atoms with Crippen LogP contribution in [-0.4, -0.2) is 71.4 Å². The number of carbonyl (C=O) groups is 1. The number of piperazine rings is 1. The highest BCUT2D eigenvalue weighted by Gasteiger charge is 2.23. The van der Waals surface area contributed by atoms with Crippen LogP contribution in [0.3, 0.4) is 0 Å². The summed E-state index contributed by atoms with van der Waals surface area (Å²) in [5.74, 6) is 0.197. The van der Waals surface area contributed by atoms with Crippen LogP contribution in [0.5, 0.6) is 0 Å². The van der Waals surface area contributed by atoms with Gasteiger partial charge in [-0.05, 0) is 12.5 Å². The molecule has 1 saturated heterocycles. The maximum absolute atomic E-state index is 11.7. The van der Waals surface area contributed by atoms with Crippen LogP contribution in [0.1, 0.15) is 22.8 Å². The number of rotatable bonds is 7. The van der Waals surface area contributed by atoms with Gasteiger partial charge in [0, 0.05) is 38.6 Å². The number of nitrogens with zero attached hydrogens (tertiary/aromatic N) is 4. The molecule has 2 heterocycles. The van der Waals surface area contributed by atoms with E-state index in [-0.39, 0.29) is 12.6 Å². The molecule has 7 heteroatoms. The van der Waals surface area contributed by atoms with Crippen LogP contribution in [-0.2, 0) is 4.74 Å². The molecule has 148 valence electrons. The van der Waals surface area contributed by atoms with Crippen molar-refractivity contribution in [1.29, 1.82) is 0 Å². The van der Waals surface area contributed by atoms with Gasteiger partial charge in [-0.1, -0.05) is 42.5 Å². The quantitative estimate of drug-likeness (QED) is 0.732. The van der Waals surface area contributed by atoms with Crippen molar-refractivity contribution in [1.82, 2.24) is 14.9 Å². The van der Waals surface area contributed by atoms with Crippen molar-refractivity contribution in [3.8, 4) is 0 Å². The lowest BCUT2D eigenvalue weighted by Crippen LogP contribution is -2.51. The molecular weight excluding hydrogens is 356 g/mol. The second kappa shape index (κ2) is 9.96. The van der Waals surface area contributed by atoms with Crippen molar-refractivity contribution in [2.45, 2.75) is 13.0 Å². The number of esters is 1. The molecule has 1 aromatic carbocycles. The van der Waals surface area contributed by atoms with Crippen molar-refractivity contribution < 1.29 is 14.6 Å². The minimum atomic E-state index is -0.408. The van der Waals surface area contributed by atoms with Gasteiger partial charge in [0.25, 0.3) is 0 Å². The number of hydrogen-bond donors (Lipinski definition) is 1. The van der Waals surface area contributed by atoms with Crippen molar-refractivity contribution in [2.24, 2.45) is 0 Å². The second-order valence-electron chi connectivity index (χ2n) is 6.53. The molecule has 1 fully saturated rings. The fourth-order valence-electron chi connectivity index (χ4n) is 3.14.